The fraction of sp³-hybridized carbons (Fsp3) is 0.0909. The SMILES string of the molecule is O=C(Cc1cc(Br)cs1)c1ccncc1F. The lowest BCUT2D eigenvalue weighted by molar-refractivity contribution is 0.0990. The molecule has 5 heteroatoms. The predicted octanol–water partition coefficient (Wildman–Crippen LogP) is 3.47. The molecule has 0 unspecified atom stereocenters. The van der Waals surface area contributed by atoms with Crippen LogP contribution in [0.5, 0.6) is 0 Å². The van der Waals surface area contributed by atoms with Gasteiger partial charge in [0.2, 0.25) is 0 Å². The van der Waals surface area contributed by atoms with Gasteiger partial charge in [-0.15, -0.1) is 11.3 Å². The molecule has 0 saturated carbocycles. The number of ketones is 1. The fourth-order valence-corrected chi connectivity index (χ4v) is 2.75. The minimum Gasteiger partial charge on any atom is -0.294 e. The second kappa shape index (κ2) is 4.84. The Labute approximate surface area is 104 Å². The summed E-state index contributed by atoms with van der Waals surface area (Å²) in [7, 11) is 0. The van der Waals surface area contributed by atoms with E-state index in [4.69, 9.17) is 0 Å². The van der Waals surface area contributed by atoms with Crippen LogP contribution in [0.25, 0.3) is 0 Å². The molecule has 0 fully saturated rings. The van der Waals surface area contributed by atoms with E-state index < -0.39 is 5.82 Å². The van der Waals surface area contributed by atoms with Gasteiger partial charge in [-0.2, -0.15) is 0 Å². The minimum atomic E-state index is -0.567. The van der Waals surface area contributed by atoms with Gasteiger partial charge in [0.25, 0.3) is 0 Å². The quantitative estimate of drug-likeness (QED) is 0.812. The summed E-state index contributed by atoms with van der Waals surface area (Å²) in [5, 5.41) is 1.89. The molecule has 2 heterocycles. The highest BCUT2D eigenvalue weighted by Gasteiger charge is 2.12. The van der Waals surface area contributed by atoms with Crippen molar-refractivity contribution >= 4 is 33.0 Å². The summed E-state index contributed by atoms with van der Waals surface area (Å²) < 4.78 is 14.2. The number of halogens is 2. The van der Waals surface area contributed by atoms with Gasteiger partial charge in [0.1, 0.15) is 0 Å². The highest BCUT2D eigenvalue weighted by molar-refractivity contribution is 9.10. The van der Waals surface area contributed by atoms with Crippen LogP contribution in [-0.4, -0.2) is 10.8 Å². The molecule has 0 spiro atoms. The van der Waals surface area contributed by atoms with Gasteiger partial charge in [0.05, 0.1) is 11.8 Å². The van der Waals surface area contributed by atoms with E-state index in [1.807, 2.05) is 11.4 Å². The number of rotatable bonds is 3. The molecular formula is C11H7BrFNOS. The highest BCUT2D eigenvalue weighted by atomic mass is 79.9. The molecule has 2 rings (SSSR count). The lowest BCUT2D eigenvalue weighted by atomic mass is 10.1. The van der Waals surface area contributed by atoms with Gasteiger partial charge >= 0.3 is 0 Å². The molecule has 0 bridgehead atoms. The van der Waals surface area contributed by atoms with Crippen LogP contribution in [0.1, 0.15) is 15.2 Å². The van der Waals surface area contributed by atoms with Gasteiger partial charge in [0, 0.05) is 27.3 Å². The van der Waals surface area contributed by atoms with Crippen molar-refractivity contribution < 1.29 is 9.18 Å². The second-order valence-electron chi connectivity index (χ2n) is 3.19. The number of hydrogen-bond donors (Lipinski definition) is 0. The summed E-state index contributed by atoms with van der Waals surface area (Å²) in [5.41, 5.74) is 0.0968. The molecule has 0 aliphatic rings. The Bertz CT molecular complexity index is 526. The first-order valence-electron chi connectivity index (χ1n) is 4.52. The van der Waals surface area contributed by atoms with Crippen LogP contribution in [-0.2, 0) is 6.42 Å². The van der Waals surface area contributed by atoms with Crippen LogP contribution in [0.15, 0.2) is 34.4 Å². The maximum Gasteiger partial charge on any atom is 0.171 e. The minimum absolute atomic E-state index is 0.0968. The Morgan fingerprint density at radius 3 is 3.00 bits per heavy atom. The van der Waals surface area contributed by atoms with Crippen LogP contribution >= 0.6 is 27.3 Å². The second-order valence-corrected chi connectivity index (χ2v) is 5.10. The van der Waals surface area contributed by atoms with Crippen molar-refractivity contribution in [1.29, 1.82) is 0 Å². The molecule has 0 atom stereocenters. The number of thiophene rings is 1. The average Bonchev–Trinajstić information content (AvgIpc) is 2.64. The largest absolute Gasteiger partial charge is 0.294 e. The summed E-state index contributed by atoms with van der Waals surface area (Å²) in [5.74, 6) is -0.794. The zero-order valence-corrected chi connectivity index (χ0v) is 10.5. The van der Waals surface area contributed by atoms with E-state index in [9.17, 15) is 9.18 Å². The average molecular weight is 300 g/mol. The number of pyridine rings is 1. The molecule has 2 aromatic heterocycles. The smallest absolute Gasteiger partial charge is 0.171 e. The number of hydrogen-bond acceptors (Lipinski definition) is 3. The van der Waals surface area contributed by atoms with E-state index in [0.717, 1.165) is 15.5 Å². The van der Waals surface area contributed by atoms with Crippen LogP contribution in [0.4, 0.5) is 4.39 Å². The first kappa shape index (κ1) is 11.4. The van der Waals surface area contributed by atoms with E-state index >= 15 is 0 Å². The third-order valence-corrected chi connectivity index (χ3v) is 3.73. The summed E-state index contributed by atoms with van der Waals surface area (Å²) in [6.45, 7) is 0. The maximum absolute atomic E-state index is 13.3. The number of Topliss-reactive ketones (excluding diaryl/α,β-unsaturated/α-hetero) is 1. The van der Waals surface area contributed by atoms with Crippen molar-refractivity contribution in [2.24, 2.45) is 0 Å². The molecule has 0 amide bonds. The third-order valence-electron chi connectivity index (χ3n) is 2.03. The number of carbonyl (C=O) groups is 1. The first-order chi connectivity index (χ1) is 7.66. The highest BCUT2D eigenvalue weighted by Crippen LogP contribution is 2.21. The fourth-order valence-electron chi connectivity index (χ4n) is 1.30. The molecule has 2 aromatic rings. The van der Waals surface area contributed by atoms with Crippen LogP contribution in [0, 0.1) is 5.82 Å². The van der Waals surface area contributed by atoms with Crippen LogP contribution < -0.4 is 0 Å². The van der Waals surface area contributed by atoms with Crippen molar-refractivity contribution in [3.63, 3.8) is 0 Å². The molecule has 0 N–H and O–H groups in total. The molecule has 0 aliphatic carbocycles. The summed E-state index contributed by atoms with van der Waals surface area (Å²) in [4.78, 5) is 16.3. The molecule has 2 nitrogen and oxygen atoms in total. The summed E-state index contributed by atoms with van der Waals surface area (Å²) >= 11 is 4.78. The normalized spacial score (nSPS) is 10.4. The Morgan fingerprint density at radius 2 is 2.38 bits per heavy atom. The summed E-state index contributed by atoms with van der Waals surface area (Å²) in [6, 6.07) is 3.27. The van der Waals surface area contributed by atoms with Gasteiger partial charge in [-0.3, -0.25) is 9.78 Å². The topological polar surface area (TPSA) is 30.0 Å². The molecule has 0 saturated heterocycles. The maximum atomic E-state index is 13.3. The van der Waals surface area contributed by atoms with Gasteiger partial charge in [-0.1, -0.05) is 0 Å². The van der Waals surface area contributed by atoms with Crippen LogP contribution in [0.3, 0.4) is 0 Å². The van der Waals surface area contributed by atoms with Crippen molar-refractivity contribution in [2.45, 2.75) is 6.42 Å². The predicted molar refractivity (Wildman–Crippen MR) is 64.2 cm³/mol. The van der Waals surface area contributed by atoms with Crippen molar-refractivity contribution in [3.8, 4) is 0 Å². The molecule has 16 heavy (non-hydrogen) atoms. The monoisotopic (exact) mass is 299 g/mol. The zero-order valence-electron chi connectivity index (χ0n) is 8.11. The van der Waals surface area contributed by atoms with E-state index in [1.54, 1.807) is 0 Å². The van der Waals surface area contributed by atoms with Crippen LogP contribution in [0.2, 0.25) is 0 Å². The Morgan fingerprint density at radius 1 is 1.56 bits per heavy atom. The molecule has 82 valence electrons. The number of carbonyl (C=O) groups excluding carboxylic acids is 1. The zero-order chi connectivity index (χ0) is 11.5. The van der Waals surface area contributed by atoms with E-state index in [-0.39, 0.29) is 17.8 Å². The van der Waals surface area contributed by atoms with Crippen molar-refractivity contribution in [3.05, 3.63) is 50.6 Å². The lowest BCUT2D eigenvalue weighted by Gasteiger charge is -1.99. The van der Waals surface area contributed by atoms with Gasteiger partial charge in [-0.05, 0) is 28.1 Å². The number of nitrogens with zero attached hydrogens (tertiary/aromatic N) is 1. The van der Waals surface area contributed by atoms with E-state index in [2.05, 4.69) is 20.9 Å². The van der Waals surface area contributed by atoms with Gasteiger partial charge < -0.3 is 0 Å². The van der Waals surface area contributed by atoms with Crippen molar-refractivity contribution in [2.75, 3.05) is 0 Å². The standard InChI is InChI=1S/C11H7BrFNOS/c12-7-3-8(16-6-7)4-11(15)9-1-2-14-5-10(9)13/h1-3,5-6H,4H2. The van der Waals surface area contributed by atoms with Gasteiger partial charge in [-0.25, -0.2) is 4.39 Å². The molecule has 0 aliphatic heterocycles. The molecule has 0 radical (unpaired) electrons. The summed E-state index contributed by atoms with van der Waals surface area (Å²) in [6.07, 6.45) is 2.69. The number of aromatic nitrogens is 1. The van der Waals surface area contributed by atoms with E-state index in [0.29, 0.717) is 0 Å². The Hall–Kier alpha value is -1.07. The third kappa shape index (κ3) is 2.54. The Kier molecular flexibility index (Phi) is 3.46. The van der Waals surface area contributed by atoms with Gasteiger partial charge in [0.15, 0.2) is 11.6 Å². The lowest BCUT2D eigenvalue weighted by Crippen LogP contribution is -2.05. The van der Waals surface area contributed by atoms with Crippen molar-refractivity contribution in [1.82, 2.24) is 4.98 Å². The first-order valence-corrected chi connectivity index (χ1v) is 6.19. The van der Waals surface area contributed by atoms with E-state index in [1.165, 1.54) is 23.6 Å². The molecule has 0 aromatic carbocycles. The Balaban J connectivity index is 2.18. The molecular weight excluding hydrogens is 293 g/mol.